The van der Waals surface area contributed by atoms with E-state index >= 15 is 0 Å². The van der Waals surface area contributed by atoms with Gasteiger partial charge in [0.2, 0.25) is 0 Å². The lowest BCUT2D eigenvalue weighted by molar-refractivity contribution is 0.720. The summed E-state index contributed by atoms with van der Waals surface area (Å²) in [6.45, 7) is 8.71. The standard InChI is InChI=1S/C18H22N2S/c1-18(2,3)21-16-8-9-17(19-12-16)20-11-10-14-6-4-5-7-15(14)13-20/h4-9,12H,10-11,13H2,1-3H3. The number of thioether (sulfide) groups is 1. The van der Waals surface area contributed by atoms with Crippen LogP contribution in [0.2, 0.25) is 0 Å². The molecule has 0 spiro atoms. The molecule has 0 radical (unpaired) electrons. The van der Waals surface area contributed by atoms with Gasteiger partial charge in [-0.25, -0.2) is 4.98 Å². The molecule has 3 rings (SSSR count). The summed E-state index contributed by atoms with van der Waals surface area (Å²) in [5.41, 5.74) is 2.91. The highest BCUT2D eigenvalue weighted by Gasteiger charge is 2.17. The average Bonchev–Trinajstić information content (AvgIpc) is 2.46. The summed E-state index contributed by atoms with van der Waals surface area (Å²) in [5.74, 6) is 1.09. The molecular weight excluding hydrogens is 276 g/mol. The lowest BCUT2D eigenvalue weighted by Gasteiger charge is -2.30. The van der Waals surface area contributed by atoms with Gasteiger partial charge in [-0.2, -0.15) is 0 Å². The predicted molar refractivity (Wildman–Crippen MR) is 91.0 cm³/mol. The van der Waals surface area contributed by atoms with Gasteiger partial charge in [0.1, 0.15) is 5.82 Å². The number of hydrogen-bond acceptors (Lipinski definition) is 3. The van der Waals surface area contributed by atoms with Crippen molar-refractivity contribution in [2.45, 2.75) is 43.4 Å². The first-order chi connectivity index (χ1) is 10.0. The first-order valence-electron chi connectivity index (χ1n) is 7.48. The van der Waals surface area contributed by atoms with Crippen LogP contribution in [-0.2, 0) is 13.0 Å². The van der Waals surface area contributed by atoms with Crippen LogP contribution in [0, 0.1) is 0 Å². The van der Waals surface area contributed by atoms with Crippen molar-refractivity contribution in [2.75, 3.05) is 11.4 Å². The van der Waals surface area contributed by atoms with Gasteiger partial charge >= 0.3 is 0 Å². The summed E-state index contributed by atoms with van der Waals surface area (Å²) < 4.78 is 0.229. The van der Waals surface area contributed by atoms with E-state index < -0.39 is 0 Å². The fourth-order valence-corrected chi connectivity index (χ4v) is 3.61. The zero-order valence-corrected chi connectivity index (χ0v) is 13.8. The number of fused-ring (bicyclic) bond motifs is 1. The Morgan fingerprint density at radius 1 is 1.05 bits per heavy atom. The van der Waals surface area contributed by atoms with Crippen LogP contribution in [0.15, 0.2) is 47.5 Å². The molecule has 3 heteroatoms. The Morgan fingerprint density at radius 3 is 2.48 bits per heavy atom. The lowest BCUT2D eigenvalue weighted by Crippen LogP contribution is -2.30. The Balaban J connectivity index is 1.74. The summed E-state index contributed by atoms with van der Waals surface area (Å²) in [6, 6.07) is 13.1. The van der Waals surface area contributed by atoms with E-state index in [0.29, 0.717) is 0 Å². The van der Waals surface area contributed by atoms with E-state index in [0.717, 1.165) is 25.3 Å². The molecule has 2 heterocycles. The van der Waals surface area contributed by atoms with Gasteiger partial charge in [0, 0.05) is 28.9 Å². The van der Waals surface area contributed by atoms with Crippen LogP contribution in [0.25, 0.3) is 0 Å². The van der Waals surface area contributed by atoms with Crippen LogP contribution in [0.4, 0.5) is 5.82 Å². The average molecular weight is 298 g/mol. The molecule has 0 aliphatic carbocycles. The third-order valence-corrected chi connectivity index (χ3v) is 4.69. The summed E-state index contributed by atoms with van der Waals surface area (Å²) in [7, 11) is 0. The monoisotopic (exact) mass is 298 g/mol. The minimum absolute atomic E-state index is 0.229. The van der Waals surface area contributed by atoms with Crippen molar-refractivity contribution in [3.8, 4) is 0 Å². The largest absolute Gasteiger partial charge is 0.352 e. The van der Waals surface area contributed by atoms with Crippen molar-refractivity contribution < 1.29 is 0 Å². The number of pyridine rings is 1. The minimum atomic E-state index is 0.229. The molecule has 0 atom stereocenters. The second kappa shape index (κ2) is 5.72. The topological polar surface area (TPSA) is 16.1 Å². The molecule has 0 saturated heterocycles. The molecule has 0 bridgehead atoms. The third kappa shape index (κ3) is 3.59. The van der Waals surface area contributed by atoms with Gasteiger partial charge in [-0.3, -0.25) is 0 Å². The molecule has 1 aromatic heterocycles. The van der Waals surface area contributed by atoms with Crippen LogP contribution < -0.4 is 4.90 Å². The van der Waals surface area contributed by atoms with Crippen LogP contribution in [0.5, 0.6) is 0 Å². The van der Waals surface area contributed by atoms with Crippen LogP contribution >= 0.6 is 11.8 Å². The molecule has 0 unspecified atom stereocenters. The van der Waals surface area contributed by atoms with E-state index in [-0.39, 0.29) is 4.75 Å². The maximum atomic E-state index is 4.66. The molecule has 0 N–H and O–H groups in total. The number of anilines is 1. The van der Waals surface area contributed by atoms with Crippen molar-refractivity contribution in [1.29, 1.82) is 0 Å². The van der Waals surface area contributed by atoms with Crippen molar-refractivity contribution in [3.05, 3.63) is 53.7 Å². The van der Waals surface area contributed by atoms with Crippen molar-refractivity contribution in [3.63, 3.8) is 0 Å². The van der Waals surface area contributed by atoms with E-state index in [9.17, 15) is 0 Å². The predicted octanol–water partition coefficient (Wildman–Crippen LogP) is 4.53. The summed E-state index contributed by atoms with van der Waals surface area (Å²) in [6.07, 6.45) is 3.11. The van der Waals surface area contributed by atoms with Crippen LogP contribution in [0.3, 0.4) is 0 Å². The van der Waals surface area contributed by atoms with Crippen molar-refractivity contribution >= 4 is 17.6 Å². The molecule has 2 aromatic rings. The van der Waals surface area contributed by atoms with Crippen LogP contribution in [0.1, 0.15) is 31.9 Å². The Kier molecular flexibility index (Phi) is 3.94. The molecular formula is C18H22N2S. The quantitative estimate of drug-likeness (QED) is 0.758. The normalized spacial score (nSPS) is 14.9. The minimum Gasteiger partial charge on any atom is -0.352 e. The van der Waals surface area contributed by atoms with Gasteiger partial charge in [0.05, 0.1) is 0 Å². The second-order valence-electron chi connectivity index (χ2n) is 6.51. The number of benzene rings is 1. The summed E-state index contributed by atoms with van der Waals surface area (Å²) in [5, 5.41) is 0. The first kappa shape index (κ1) is 14.5. The number of hydrogen-bond donors (Lipinski definition) is 0. The Morgan fingerprint density at radius 2 is 1.81 bits per heavy atom. The number of aromatic nitrogens is 1. The highest BCUT2D eigenvalue weighted by atomic mass is 32.2. The fraction of sp³-hybridized carbons (Fsp3) is 0.389. The van der Waals surface area contributed by atoms with Gasteiger partial charge < -0.3 is 4.90 Å². The Hall–Kier alpha value is -1.48. The highest BCUT2D eigenvalue weighted by Crippen LogP contribution is 2.32. The Bertz CT molecular complexity index is 614. The van der Waals surface area contributed by atoms with Gasteiger partial charge in [-0.15, -0.1) is 11.8 Å². The summed E-state index contributed by atoms with van der Waals surface area (Å²) in [4.78, 5) is 8.27. The Labute approximate surface area is 131 Å². The molecule has 0 saturated carbocycles. The zero-order valence-electron chi connectivity index (χ0n) is 13.0. The van der Waals surface area contributed by atoms with Gasteiger partial charge in [-0.1, -0.05) is 45.0 Å². The SMILES string of the molecule is CC(C)(C)Sc1ccc(N2CCc3ccccc3C2)nc1. The maximum absolute atomic E-state index is 4.66. The smallest absolute Gasteiger partial charge is 0.128 e. The zero-order chi connectivity index (χ0) is 14.9. The van der Waals surface area contributed by atoms with Gasteiger partial charge in [0.15, 0.2) is 0 Å². The highest BCUT2D eigenvalue weighted by molar-refractivity contribution is 8.00. The molecule has 110 valence electrons. The van der Waals surface area contributed by atoms with Gasteiger partial charge in [0.25, 0.3) is 0 Å². The number of rotatable bonds is 2. The molecule has 1 aliphatic heterocycles. The van der Waals surface area contributed by atoms with Crippen LogP contribution in [-0.4, -0.2) is 16.3 Å². The maximum Gasteiger partial charge on any atom is 0.128 e. The van der Waals surface area contributed by atoms with E-state index in [1.165, 1.54) is 16.0 Å². The molecule has 2 nitrogen and oxygen atoms in total. The lowest BCUT2D eigenvalue weighted by atomic mass is 10.00. The van der Waals surface area contributed by atoms with Gasteiger partial charge in [-0.05, 0) is 29.7 Å². The van der Waals surface area contributed by atoms with Crippen molar-refractivity contribution in [2.24, 2.45) is 0 Å². The molecule has 0 amide bonds. The summed E-state index contributed by atoms with van der Waals surface area (Å²) >= 11 is 1.86. The first-order valence-corrected chi connectivity index (χ1v) is 8.30. The van der Waals surface area contributed by atoms with E-state index in [1.807, 2.05) is 18.0 Å². The van der Waals surface area contributed by atoms with E-state index in [1.54, 1.807) is 0 Å². The second-order valence-corrected chi connectivity index (χ2v) is 8.41. The number of nitrogens with zero attached hydrogens (tertiary/aromatic N) is 2. The van der Waals surface area contributed by atoms with E-state index in [2.05, 4.69) is 67.1 Å². The van der Waals surface area contributed by atoms with E-state index in [4.69, 9.17) is 0 Å². The molecule has 21 heavy (non-hydrogen) atoms. The molecule has 1 aliphatic rings. The molecule has 1 aromatic carbocycles. The fourth-order valence-electron chi connectivity index (χ4n) is 2.66. The molecule has 0 fully saturated rings. The third-order valence-electron chi connectivity index (χ3n) is 3.60. The van der Waals surface area contributed by atoms with Crippen molar-refractivity contribution in [1.82, 2.24) is 4.98 Å².